The molecule has 1 heterocycles. The molecule has 0 bridgehead atoms. The van der Waals surface area contributed by atoms with Gasteiger partial charge in [-0.25, -0.2) is 0 Å². The quantitative estimate of drug-likeness (QED) is 0.732. The molecule has 0 amide bonds. The van der Waals surface area contributed by atoms with Crippen molar-refractivity contribution in [3.05, 3.63) is 84.2 Å². The van der Waals surface area contributed by atoms with E-state index in [4.69, 9.17) is 0 Å². The maximum atomic E-state index is 4.06. The normalized spacial score (nSPS) is 22.1. The summed E-state index contributed by atoms with van der Waals surface area (Å²) in [6, 6.07) is 14.6. The second-order valence-corrected chi connectivity index (χ2v) is 6.08. The molecule has 3 rings (SSSR count). The fourth-order valence-electron chi connectivity index (χ4n) is 2.30. The largest absolute Gasteiger partial charge is 0.265 e. The first-order valence-electron chi connectivity index (χ1n) is 6.32. The summed E-state index contributed by atoms with van der Waals surface area (Å²) in [5, 5.41) is 0. The summed E-state index contributed by atoms with van der Waals surface area (Å²) in [5.74, 6) is 0. The number of halogens is 1. The van der Waals surface area contributed by atoms with Crippen molar-refractivity contribution >= 4 is 21.5 Å². The number of aromatic nitrogens is 1. The van der Waals surface area contributed by atoms with E-state index in [9.17, 15) is 0 Å². The van der Waals surface area contributed by atoms with E-state index in [1.807, 2.05) is 30.6 Å². The highest BCUT2D eigenvalue weighted by Gasteiger charge is 2.26. The van der Waals surface area contributed by atoms with E-state index in [2.05, 4.69) is 63.4 Å². The first-order valence-corrected chi connectivity index (χ1v) is 7.11. The summed E-state index contributed by atoms with van der Waals surface area (Å²) in [6.45, 7) is 0. The molecule has 1 aromatic carbocycles. The van der Waals surface area contributed by atoms with Gasteiger partial charge in [0.2, 0.25) is 0 Å². The molecule has 2 aromatic rings. The molecular formula is C17H14BrN. The van der Waals surface area contributed by atoms with Gasteiger partial charge in [0.1, 0.15) is 0 Å². The summed E-state index contributed by atoms with van der Waals surface area (Å²) >= 11 is 3.86. The van der Waals surface area contributed by atoms with Crippen LogP contribution in [-0.4, -0.2) is 4.98 Å². The van der Waals surface area contributed by atoms with E-state index in [1.165, 1.54) is 16.7 Å². The SMILES string of the molecule is BrC1(c2ccccc2)C=CC(c2ccncc2)=CC1. The number of hydrogen-bond donors (Lipinski definition) is 0. The van der Waals surface area contributed by atoms with Crippen LogP contribution < -0.4 is 0 Å². The molecule has 1 aliphatic carbocycles. The number of benzene rings is 1. The fraction of sp³-hybridized carbons (Fsp3) is 0.118. The minimum Gasteiger partial charge on any atom is -0.265 e. The van der Waals surface area contributed by atoms with Gasteiger partial charge in [-0.1, -0.05) is 64.5 Å². The molecule has 19 heavy (non-hydrogen) atoms. The predicted octanol–water partition coefficient (Wildman–Crippen LogP) is 4.72. The number of alkyl halides is 1. The molecule has 0 radical (unpaired) electrons. The third kappa shape index (κ3) is 2.54. The third-order valence-corrected chi connectivity index (χ3v) is 4.46. The molecule has 0 spiro atoms. The van der Waals surface area contributed by atoms with Gasteiger partial charge in [0, 0.05) is 12.4 Å². The number of hydrogen-bond acceptors (Lipinski definition) is 1. The average molecular weight is 312 g/mol. The Bertz CT molecular complexity index is 616. The summed E-state index contributed by atoms with van der Waals surface area (Å²) in [6.07, 6.45) is 11.3. The molecule has 0 saturated carbocycles. The number of rotatable bonds is 2. The number of nitrogens with zero attached hydrogens (tertiary/aromatic N) is 1. The molecule has 0 aliphatic heterocycles. The minimum absolute atomic E-state index is 0.0786. The monoisotopic (exact) mass is 311 g/mol. The molecule has 1 aromatic heterocycles. The van der Waals surface area contributed by atoms with Crippen molar-refractivity contribution in [1.82, 2.24) is 4.98 Å². The van der Waals surface area contributed by atoms with Crippen LogP contribution in [0.4, 0.5) is 0 Å². The van der Waals surface area contributed by atoms with Crippen LogP contribution in [0.15, 0.2) is 73.1 Å². The van der Waals surface area contributed by atoms with E-state index in [0.29, 0.717) is 0 Å². The fourth-order valence-corrected chi connectivity index (χ4v) is 2.86. The standard InChI is InChI=1S/C17H14BrN/c18-17(16-4-2-1-3-5-16)10-6-14(7-11-17)15-8-12-19-13-9-15/h1-10,12-13H,11H2. The van der Waals surface area contributed by atoms with Crippen molar-refractivity contribution in [3.8, 4) is 0 Å². The third-order valence-electron chi connectivity index (χ3n) is 3.41. The number of allylic oxidation sites excluding steroid dienone is 4. The molecule has 1 nitrogen and oxygen atoms in total. The van der Waals surface area contributed by atoms with E-state index < -0.39 is 0 Å². The van der Waals surface area contributed by atoms with Crippen LogP contribution in [-0.2, 0) is 4.32 Å². The Labute approximate surface area is 121 Å². The lowest BCUT2D eigenvalue weighted by molar-refractivity contribution is 0.800. The van der Waals surface area contributed by atoms with Crippen molar-refractivity contribution in [2.45, 2.75) is 10.7 Å². The van der Waals surface area contributed by atoms with Crippen LogP contribution in [0.3, 0.4) is 0 Å². The second kappa shape index (κ2) is 5.14. The van der Waals surface area contributed by atoms with Gasteiger partial charge in [0.05, 0.1) is 4.32 Å². The molecular weight excluding hydrogens is 298 g/mol. The molecule has 94 valence electrons. The zero-order valence-corrected chi connectivity index (χ0v) is 12.0. The van der Waals surface area contributed by atoms with Crippen molar-refractivity contribution in [2.24, 2.45) is 0 Å². The summed E-state index contributed by atoms with van der Waals surface area (Å²) in [7, 11) is 0. The summed E-state index contributed by atoms with van der Waals surface area (Å²) < 4.78 is -0.0786. The Hall–Kier alpha value is -1.67. The second-order valence-electron chi connectivity index (χ2n) is 4.66. The number of pyridine rings is 1. The molecule has 1 unspecified atom stereocenters. The lowest BCUT2D eigenvalue weighted by atomic mass is 9.88. The Morgan fingerprint density at radius 2 is 1.74 bits per heavy atom. The average Bonchev–Trinajstić information content (AvgIpc) is 2.50. The van der Waals surface area contributed by atoms with Gasteiger partial charge >= 0.3 is 0 Å². The lowest BCUT2D eigenvalue weighted by Gasteiger charge is -2.26. The molecule has 1 aliphatic rings. The van der Waals surface area contributed by atoms with Gasteiger partial charge in [-0.2, -0.15) is 0 Å². The first kappa shape index (κ1) is 12.4. The van der Waals surface area contributed by atoms with Crippen LogP contribution in [0.25, 0.3) is 5.57 Å². The Morgan fingerprint density at radius 1 is 1.00 bits per heavy atom. The van der Waals surface area contributed by atoms with Crippen LogP contribution >= 0.6 is 15.9 Å². The molecule has 1 atom stereocenters. The Balaban J connectivity index is 1.87. The Kier molecular flexibility index (Phi) is 3.34. The van der Waals surface area contributed by atoms with Gasteiger partial charge in [-0.3, -0.25) is 4.98 Å². The highest BCUT2D eigenvalue weighted by molar-refractivity contribution is 9.09. The van der Waals surface area contributed by atoms with Crippen LogP contribution in [0.5, 0.6) is 0 Å². The van der Waals surface area contributed by atoms with Crippen molar-refractivity contribution in [3.63, 3.8) is 0 Å². The lowest BCUT2D eigenvalue weighted by Crippen LogP contribution is -2.16. The molecule has 0 N–H and O–H groups in total. The van der Waals surface area contributed by atoms with Crippen LogP contribution in [0.2, 0.25) is 0 Å². The highest BCUT2D eigenvalue weighted by Crippen LogP contribution is 2.41. The smallest absolute Gasteiger partial charge is 0.0723 e. The van der Waals surface area contributed by atoms with Crippen molar-refractivity contribution < 1.29 is 0 Å². The van der Waals surface area contributed by atoms with E-state index in [1.54, 1.807) is 0 Å². The van der Waals surface area contributed by atoms with Crippen molar-refractivity contribution in [2.75, 3.05) is 0 Å². The van der Waals surface area contributed by atoms with Gasteiger partial charge in [0.25, 0.3) is 0 Å². The molecule has 0 saturated heterocycles. The first-order chi connectivity index (χ1) is 9.28. The van der Waals surface area contributed by atoms with Gasteiger partial charge in [-0.15, -0.1) is 0 Å². The maximum Gasteiger partial charge on any atom is 0.0723 e. The zero-order valence-electron chi connectivity index (χ0n) is 10.5. The summed E-state index contributed by atoms with van der Waals surface area (Å²) in [4.78, 5) is 4.06. The molecule has 0 fully saturated rings. The van der Waals surface area contributed by atoms with Crippen molar-refractivity contribution in [1.29, 1.82) is 0 Å². The Morgan fingerprint density at radius 3 is 2.37 bits per heavy atom. The topological polar surface area (TPSA) is 12.9 Å². The predicted molar refractivity (Wildman–Crippen MR) is 83.0 cm³/mol. The minimum atomic E-state index is -0.0786. The maximum absolute atomic E-state index is 4.06. The van der Waals surface area contributed by atoms with Gasteiger partial charge in [0.15, 0.2) is 0 Å². The van der Waals surface area contributed by atoms with Crippen LogP contribution in [0.1, 0.15) is 17.5 Å². The van der Waals surface area contributed by atoms with Gasteiger partial charge < -0.3 is 0 Å². The van der Waals surface area contributed by atoms with E-state index >= 15 is 0 Å². The highest BCUT2D eigenvalue weighted by atomic mass is 79.9. The van der Waals surface area contributed by atoms with E-state index in [0.717, 1.165) is 6.42 Å². The van der Waals surface area contributed by atoms with Crippen LogP contribution in [0, 0.1) is 0 Å². The zero-order chi connectivity index (χ0) is 13.1. The van der Waals surface area contributed by atoms with E-state index in [-0.39, 0.29) is 4.32 Å². The molecule has 2 heteroatoms. The summed E-state index contributed by atoms with van der Waals surface area (Å²) in [5.41, 5.74) is 3.76. The van der Waals surface area contributed by atoms with Gasteiger partial charge in [-0.05, 0) is 35.3 Å².